The second-order valence-electron chi connectivity index (χ2n) is 6.55. The van der Waals surface area contributed by atoms with Gasteiger partial charge >= 0.3 is 0 Å². The number of rotatable bonds is 6. The van der Waals surface area contributed by atoms with E-state index in [1.807, 2.05) is 11.7 Å². The Balaban J connectivity index is 2.20. The molecule has 2 heterocycles. The molecule has 1 aromatic heterocycles. The lowest BCUT2D eigenvalue weighted by molar-refractivity contribution is -0.00900. The minimum atomic E-state index is 0.184. The van der Waals surface area contributed by atoms with Gasteiger partial charge in [-0.2, -0.15) is 5.10 Å². The van der Waals surface area contributed by atoms with E-state index >= 15 is 0 Å². The van der Waals surface area contributed by atoms with Gasteiger partial charge in [-0.15, -0.1) is 0 Å². The molecule has 1 atom stereocenters. The highest BCUT2D eigenvalue weighted by Gasteiger charge is 2.35. The quantitative estimate of drug-likeness (QED) is 0.850. The van der Waals surface area contributed by atoms with E-state index < -0.39 is 0 Å². The summed E-state index contributed by atoms with van der Waals surface area (Å²) >= 11 is 3.75. The average Bonchev–Trinajstić information content (AvgIpc) is 2.74. The summed E-state index contributed by atoms with van der Waals surface area (Å²) in [6, 6.07) is 0.505. The van der Waals surface area contributed by atoms with Crippen molar-refractivity contribution in [3.63, 3.8) is 0 Å². The van der Waals surface area contributed by atoms with Gasteiger partial charge in [-0.05, 0) is 41.6 Å². The van der Waals surface area contributed by atoms with Crippen molar-refractivity contribution in [2.75, 3.05) is 19.8 Å². The van der Waals surface area contributed by atoms with E-state index in [4.69, 9.17) is 4.74 Å². The monoisotopic (exact) mass is 357 g/mol. The van der Waals surface area contributed by atoms with Gasteiger partial charge in [0.2, 0.25) is 0 Å². The zero-order valence-corrected chi connectivity index (χ0v) is 15.3. The van der Waals surface area contributed by atoms with E-state index in [1.165, 1.54) is 16.6 Å². The van der Waals surface area contributed by atoms with Crippen LogP contribution in [0.2, 0.25) is 0 Å². The number of ether oxygens (including phenoxy) is 1. The molecule has 2 rings (SSSR count). The Morgan fingerprint density at radius 1 is 1.48 bits per heavy atom. The van der Waals surface area contributed by atoms with Crippen LogP contribution in [0.3, 0.4) is 0 Å². The Bertz CT molecular complexity index is 464. The fourth-order valence-corrected chi connectivity index (χ4v) is 3.80. The predicted octanol–water partition coefficient (Wildman–Crippen LogP) is 3.08. The van der Waals surface area contributed by atoms with Crippen LogP contribution in [0.4, 0.5) is 0 Å². The van der Waals surface area contributed by atoms with E-state index in [-0.39, 0.29) is 5.41 Å². The Kier molecular flexibility index (Phi) is 5.86. The highest BCUT2D eigenvalue weighted by Crippen LogP contribution is 2.35. The van der Waals surface area contributed by atoms with Crippen LogP contribution >= 0.6 is 15.9 Å². The molecule has 1 aliphatic heterocycles. The number of hydrogen-bond acceptors (Lipinski definition) is 3. The fourth-order valence-electron chi connectivity index (χ4n) is 3.04. The first-order chi connectivity index (χ1) is 9.97. The molecule has 0 aromatic carbocycles. The zero-order valence-electron chi connectivity index (χ0n) is 13.7. The van der Waals surface area contributed by atoms with Gasteiger partial charge in [-0.1, -0.05) is 20.8 Å². The van der Waals surface area contributed by atoms with Gasteiger partial charge in [0.15, 0.2) is 0 Å². The van der Waals surface area contributed by atoms with Crippen molar-refractivity contribution < 1.29 is 4.74 Å². The number of aromatic nitrogens is 2. The molecule has 1 saturated heterocycles. The van der Waals surface area contributed by atoms with Gasteiger partial charge in [0.1, 0.15) is 0 Å². The minimum Gasteiger partial charge on any atom is -0.381 e. The summed E-state index contributed by atoms with van der Waals surface area (Å²) in [5.41, 5.74) is 2.63. The lowest BCUT2D eigenvalue weighted by atomic mass is 9.78. The second-order valence-corrected chi connectivity index (χ2v) is 7.35. The largest absolute Gasteiger partial charge is 0.381 e. The van der Waals surface area contributed by atoms with E-state index in [1.54, 1.807) is 0 Å². The van der Waals surface area contributed by atoms with Gasteiger partial charge in [-0.3, -0.25) is 4.68 Å². The van der Waals surface area contributed by atoms with Crippen LogP contribution in [-0.4, -0.2) is 35.6 Å². The van der Waals surface area contributed by atoms with Gasteiger partial charge in [0, 0.05) is 31.7 Å². The molecule has 1 aromatic rings. The molecular formula is C16H28BrN3O. The van der Waals surface area contributed by atoms with Crippen molar-refractivity contribution in [3.05, 3.63) is 15.9 Å². The molecule has 0 saturated carbocycles. The molecule has 0 radical (unpaired) electrons. The van der Waals surface area contributed by atoms with Crippen molar-refractivity contribution in [1.82, 2.24) is 15.1 Å². The first-order valence-corrected chi connectivity index (χ1v) is 8.78. The summed E-state index contributed by atoms with van der Waals surface area (Å²) in [5.74, 6) is 0. The lowest BCUT2D eigenvalue weighted by Gasteiger charge is -2.38. The molecule has 120 valence electrons. The van der Waals surface area contributed by atoms with Gasteiger partial charge < -0.3 is 10.1 Å². The minimum absolute atomic E-state index is 0.184. The molecule has 4 nitrogen and oxygen atoms in total. The maximum absolute atomic E-state index is 5.82. The van der Waals surface area contributed by atoms with Gasteiger partial charge in [0.25, 0.3) is 0 Å². The zero-order chi connectivity index (χ0) is 15.5. The Hall–Kier alpha value is -0.390. The van der Waals surface area contributed by atoms with Gasteiger partial charge in [-0.25, -0.2) is 0 Å². The third kappa shape index (κ3) is 4.08. The number of halogens is 1. The third-order valence-electron chi connectivity index (χ3n) is 4.33. The van der Waals surface area contributed by atoms with E-state index in [0.29, 0.717) is 6.04 Å². The van der Waals surface area contributed by atoms with Crippen LogP contribution in [0.25, 0.3) is 0 Å². The topological polar surface area (TPSA) is 39.1 Å². The predicted molar refractivity (Wildman–Crippen MR) is 89.6 cm³/mol. The smallest absolute Gasteiger partial charge is 0.0766 e. The molecule has 1 fully saturated rings. The summed E-state index contributed by atoms with van der Waals surface area (Å²) in [5, 5.41) is 8.24. The first-order valence-electron chi connectivity index (χ1n) is 7.99. The highest BCUT2D eigenvalue weighted by atomic mass is 79.9. The first kappa shape index (κ1) is 17.0. The molecule has 0 aliphatic carbocycles. The molecule has 0 bridgehead atoms. The maximum atomic E-state index is 5.82. The summed E-state index contributed by atoms with van der Waals surface area (Å²) in [6.07, 6.45) is 4.33. The van der Waals surface area contributed by atoms with Crippen LogP contribution in [0.1, 0.15) is 45.0 Å². The summed E-state index contributed by atoms with van der Waals surface area (Å²) in [6.45, 7) is 9.29. The van der Waals surface area contributed by atoms with Crippen LogP contribution in [0.5, 0.6) is 0 Å². The van der Waals surface area contributed by atoms with E-state index in [9.17, 15) is 0 Å². The van der Waals surface area contributed by atoms with Crippen LogP contribution < -0.4 is 5.32 Å². The Morgan fingerprint density at radius 2 is 2.24 bits per heavy atom. The van der Waals surface area contributed by atoms with Gasteiger partial charge in [0.05, 0.1) is 22.5 Å². The fraction of sp³-hybridized carbons (Fsp3) is 0.812. The average molecular weight is 358 g/mol. The molecular weight excluding hydrogens is 330 g/mol. The van der Waals surface area contributed by atoms with Crippen molar-refractivity contribution in [2.24, 2.45) is 12.5 Å². The van der Waals surface area contributed by atoms with Crippen molar-refractivity contribution >= 4 is 15.9 Å². The maximum Gasteiger partial charge on any atom is 0.0766 e. The number of hydrogen-bond donors (Lipinski definition) is 1. The number of nitrogens with zero attached hydrogens (tertiary/aromatic N) is 2. The summed E-state index contributed by atoms with van der Waals surface area (Å²) in [7, 11) is 2.05. The SMILES string of the molecule is CCc1nn(C)c(CC2(CNC(C)C)CCCOC2)c1Br. The second kappa shape index (κ2) is 7.25. The van der Waals surface area contributed by atoms with Crippen LogP contribution in [-0.2, 0) is 24.6 Å². The summed E-state index contributed by atoms with van der Waals surface area (Å²) in [4.78, 5) is 0. The molecule has 1 N–H and O–H groups in total. The number of aryl methyl sites for hydroxylation is 2. The van der Waals surface area contributed by atoms with Crippen molar-refractivity contribution in [1.29, 1.82) is 0 Å². The van der Waals surface area contributed by atoms with Crippen molar-refractivity contribution in [3.8, 4) is 0 Å². The molecule has 0 amide bonds. The van der Waals surface area contributed by atoms with Crippen molar-refractivity contribution in [2.45, 2.75) is 52.5 Å². The molecule has 1 aliphatic rings. The van der Waals surface area contributed by atoms with Crippen LogP contribution in [0.15, 0.2) is 4.47 Å². The summed E-state index contributed by atoms with van der Waals surface area (Å²) < 4.78 is 9.04. The van der Waals surface area contributed by atoms with E-state index in [2.05, 4.69) is 47.1 Å². The lowest BCUT2D eigenvalue weighted by Crippen LogP contribution is -2.45. The molecule has 5 heteroatoms. The highest BCUT2D eigenvalue weighted by molar-refractivity contribution is 9.10. The molecule has 1 unspecified atom stereocenters. The Labute approximate surface area is 136 Å². The molecule has 21 heavy (non-hydrogen) atoms. The Morgan fingerprint density at radius 3 is 2.76 bits per heavy atom. The normalized spacial score (nSPS) is 23.0. The molecule has 0 spiro atoms. The third-order valence-corrected chi connectivity index (χ3v) is 5.25. The standard InChI is InChI=1S/C16H28BrN3O/c1-5-13-15(17)14(20(4)19-13)9-16(10-18-12(2)3)7-6-8-21-11-16/h12,18H,5-11H2,1-4H3. The van der Waals surface area contributed by atoms with E-state index in [0.717, 1.165) is 44.7 Å². The number of nitrogens with one attached hydrogen (secondary N) is 1. The van der Waals surface area contributed by atoms with Crippen LogP contribution in [0, 0.1) is 5.41 Å².